The van der Waals surface area contributed by atoms with Crippen LogP contribution < -0.4 is 5.32 Å². The lowest BCUT2D eigenvalue weighted by Gasteiger charge is -2.12. The summed E-state index contributed by atoms with van der Waals surface area (Å²) in [5, 5.41) is 5.69. The van der Waals surface area contributed by atoms with Gasteiger partial charge in [0.15, 0.2) is 5.16 Å². The van der Waals surface area contributed by atoms with Crippen molar-refractivity contribution in [3.63, 3.8) is 0 Å². The first-order chi connectivity index (χ1) is 14.3. The van der Waals surface area contributed by atoms with E-state index in [-0.39, 0.29) is 6.10 Å². The van der Waals surface area contributed by atoms with Crippen molar-refractivity contribution in [2.24, 2.45) is 0 Å². The van der Waals surface area contributed by atoms with Crippen molar-refractivity contribution in [1.29, 1.82) is 0 Å². The lowest BCUT2D eigenvalue weighted by atomic mass is 10.0. The van der Waals surface area contributed by atoms with Crippen LogP contribution in [0.25, 0.3) is 20.4 Å². The third kappa shape index (κ3) is 3.62. The average Bonchev–Trinajstić information content (AvgIpc) is 3.48. The number of unbranched alkanes of at least 4 members (excludes halogenated alkanes) is 1. The number of thioether (sulfide) groups is 1. The predicted octanol–water partition coefficient (Wildman–Crippen LogP) is 5.38. The molecule has 154 valence electrons. The van der Waals surface area contributed by atoms with E-state index in [1.165, 1.54) is 47.9 Å². The summed E-state index contributed by atoms with van der Waals surface area (Å²) in [6.45, 7) is 3.94. The summed E-state index contributed by atoms with van der Waals surface area (Å²) in [5.41, 5.74) is 5.42. The van der Waals surface area contributed by atoms with E-state index >= 15 is 0 Å². The number of nitrogens with one attached hydrogen (secondary N) is 1. The quantitative estimate of drug-likeness (QED) is 0.402. The maximum atomic E-state index is 5.80. The number of fused-ring (bicyclic) bond motifs is 5. The number of hydrogen-bond donors (Lipinski definition) is 1. The molecule has 1 fully saturated rings. The molecule has 0 bridgehead atoms. The van der Waals surface area contributed by atoms with Crippen LogP contribution in [-0.4, -0.2) is 40.5 Å². The van der Waals surface area contributed by atoms with Gasteiger partial charge in [-0.15, -0.1) is 11.3 Å². The Morgan fingerprint density at radius 3 is 2.86 bits per heavy atom. The molecule has 1 N–H and O–H groups in total. The summed E-state index contributed by atoms with van der Waals surface area (Å²) >= 11 is 3.36. The Kier molecular flexibility index (Phi) is 5.63. The lowest BCUT2D eigenvalue weighted by Crippen LogP contribution is -2.19. The number of nitrogens with zero attached hydrogens (tertiary/aromatic N) is 3. The van der Waals surface area contributed by atoms with Crippen LogP contribution in [0.5, 0.6) is 0 Å². The van der Waals surface area contributed by atoms with E-state index in [2.05, 4.69) is 12.2 Å². The highest BCUT2D eigenvalue weighted by Gasteiger charge is 2.25. The summed E-state index contributed by atoms with van der Waals surface area (Å²) < 4.78 is 6.94. The van der Waals surface area contributed by atoms with Gasteiger partial charge in [0.2, 0.25) is 0 Å². The van der Waals surface area contributed by atoms with Crippen molar-refractivity contribution < 1.29 is 4.74 Å². The van der Waals surface area contributed by atoms with Gasteiger partial charge in [-0.3, -0.25) is 0 Å². The molecular weight excluding hydrogens is 400 g/mol. The molecule has 7 heteroatoms. The number of pyridine rings is 1. The summed E-state index contributed by atoms with van der Waals surface area (Å²) in [4.78, 5) is 16.0. The smallest absolute Gasteiger partial charge is 0.189 e. The van der Waals surface area contributed by atoms with E-state index in [1.807, 2.05) is 6.26 Å². The van der Waals surface area contributed by atoms with Gasteiger partial charge in [0.05, 0.1) is 16.3 Å². The fourth-order valence-electron chi connectivity index (χ4n) is 4.60. The van der Waals surface area contributed by atoms with Gasteiger partial charge >= 0.3 is 0 Å². The first-order valence-corrected chi connectivity index (χ1v) is 12.9. The van der Waals surface area contributed by atoms with E-state index in [1.54, 1.807) is 23.1 Å². The third-order valence-electron chi connectivity index (χ3n) is 6.07. The largest absolute Gasteiger partial charge is 0.376 e. The van der Waals surface area contributed by atoms with E-state index < -0.39 is 0 Å². The summed E-state index contributed by atoms with van der Waals surface area (Å²) in [7, 11) is 0. The number of hydrogen-bond acceptors (Lipinski definition) is 7. The van der Waals surface area contributed by atoms with E-state index in [9.17, 15) is 0 Å². The molecule has 0 aromatic carbocycles. The van der Waals surface area contributed by atoms with E-state index in [0.717, 1.165) is 64.9 Å². The minimum atomic E-state index is 0.287. The number of aryl methyl sites for hydroxylation is 2. The minimum absolute atomic E-state index is 0.287. The Morgan fingerprint density at radius 1 is 1.17 bits per heavy atom. The lowest BCUT2D eigenvalue weighted by molar-refractivity contribution is 0.120. The number of thiophene rings is 1. The topological polar surface area (TPSA) is 59.9 Å². The fraction of sp³-hybridized carbons (Fsp3) is 0.591. The Bertz CT molecular complexity index is 1040. The normalized spacial score (nSPS) is 18.8. The Hall–Kier alpha value is -1.44. The van der Waals surface area contributed by atoms with Crippen molar-refractivity contribution in [3.8, 4) is 0 Å². The molecule has 5 nitrogen and oxygen atoms in total. The van der Waals surface area contributed by atoms with Gasteiger partial charge in [-0.2, -0.15) is 0 Å². The summed E-state index contributed by atoms with van der Waals surface area (Å²) in [5.74, 6) is 0.944. The Morgan fingerprint density at radius 2 is 2.07 bits per heavy atom. The molecule has 2 aliphatic rings. The van der Waals surface area contributed by atoms with Crippen molar-refractivity contribution >= 4 is 49.3 Å². The second-order valence-electron chi connectivity index (χ2n) is 8.01. The number of rotatable bonds is 7. The van der Waals surface area contributed by atoms with Crippen LogP contribution in [0.1, 0.15) is 55.8 Å². The third-order valence-corrected chi connectivity index (χ3v) is 7.70. The molecule has 1 aliphatic heterocycles. The fourth-order valence-corrected chi connectivity index (χ4v) is 6.10. The SMILES string of the molecule is CCCCc1nc2sc3c(NC[C@H]4CCCO4)nc(SC)nc3c2c2c1CCC2. The second-order valence-corrected chi connectivity index (χ2v) is 9.78. The molecule has 1 atom stereocenters. The van der Waals surface area contributed by atoms with Crippen molar-refractivity contribution in [3.05, 3.63) is 16.8 Å². The van der Waals surface area contributed by atoms with Crippen LogP contribution >= 0.6 is 23.1 Å². The van der Waals surface area contributed by atoms with Gasteiger partial charge in [0, 0.05) is 24.2 Å². The van der Waals surface area contributed by atoms with Gasteiger partial charge in [-0.1, -0.05) is 25.1 Å². The minimum Gasteiger partial charge on any atom is -0.376 e. The highest BCUT2D eigenvalue weighted by molar-refractivity contribution is 7.98. The highest BCUT2D eigenvalue weighted by atomic mass is 32.2. The summed E-state index contributed by atoms with van der Waals surface area (Å²) in [6.07, 6.45) is 11.7. The number of anilines is 1. The molecule has 0 unspecified atom stereocenters. The molecule has 4 heterocycles. The molecular formula is C22H28N4OS2. The maximum absolute atomic E-state index is 5.80. The Balaban J connectivity index is 1.63. The van der Waals surface area contributed by atoms with E-state index in [0.29, 0.717) is 0 Å². The van der Waals surface area contributed by atoms with Crippen LogP contribution in [-0.2, 0) is 24.0 Å². The molecule has 29 heavy (non-hydrogen) atoms. The monoisotopic (exact) mass is 428 g/mol. The maximum Gasteiger partial charge on any atom is 0.189 e. The van der Waals surface area contributed by atoms with Gasteiger partial charge < -0.3 is 10.1 Å². The van der Waals surface area contributed by atoms with Crippen LogP contribution in [0.15, 0.2) is 5.16 Å². The second kappa shape index (κ2) is 8.36. The molecule has 1 saturated heterocycles. The first-order valence-electron chi connectivity index (χ1n) is 10.8. The van der Waals surface area contributed by atoms with Gasteiger partial charge in [0.25, 0.3) is 0 Å². The zero-order chi connectivity index (χ0) is 19.8. The van der Waals surface area contributed by atoms with Crippen LogP contribution in [0, 0.1) is 0 Å². The molecule has 5 rings (SSSR count). The van der Waals surface area contributed by atoms with Crippen LogP contribution in [0.4, 0.5) is 5.82 Å². The molecule has 3 aromatic heterocycles. The molecule has 0 radical (unpaired) electrons. The van der Waals surface area contributed by atoms with Crippen molar-refractivity contribution in [2.45, 2.75) is 69.6 Å². The summed E-state index contributed by atoms with van der Waals surface area (Å²) in [6, 6.07) is 0. The molecule has 1 aliphatic carbocycles. The standard InChI is InChI=1S/C22H28N4OS2/c1-3-4-10-16-14-8-5-9-15(14)17-18-19(29-21(17)24-16)20(26-22(25-18)28-2)23-12-13-7-6-11-27-13/h13H,3-12H2,1-2H3,(H,23,25,26)/t13-/m1/s1. The zero-order valence-electron chi connectivity index (χ0n) is 17.2. The number of aromatic nitrogens is 3. The van der Waals surface area contributed by atoms with E-state index in [4.69, 9.17) is 19.7 Å². The molecule has 0 saturated carbocycles. The highest BCUT2D eigenvalue weighted by Crippen LogP contribution is 2.42. The number of ether oxygens (including phenoxy) is 1. The Labute approximate surface area is 180 Å². The zero-order valence-corrected chi connectivity index (χ0v) is 18.8. The molecule has 0 amide bonds. The van der Waals surface area contributed by atoms with Crippen LogP contribution in [0.2, 0.25) is 0 Å². The van der Waals surface area contributed by atoms with Gasteiger partial charge in [0.1, 0.15) is 10.6 Å². The predicted molar refractivity (Wildman–Crippen MR) is 123 cm³/mol. The van der Waals surface area contributed by atoms with Crippen molar-refractivity contribution in [2.75, 3.05) is 24.7 Å². The van der Waals surface area contributed by atoms with Crippen molar-refractivity contribution in [1.82, 2.24) is 15.0 Å². The first kappa shape index (κ1) is 19.5. The molecule has 3 aromatic rings. The molecule has 0 spiro atoms. The van der Waals surface area contributed by atoms with Gasteiger partial charge in [-0.25, -0.2) is 15.0 Å². The van der Waals surface area contributed by atoms with Crippen LogP contribution in [0.3, 0.4) is 0 Å². The van der Waals surface area contributed by atoms with Gasteiger partial charge in [-0.05, 0) is 62.3 Å². The average molecular weight is 429 g/mol.